The van der Waals surface area contributed by atoms with E-state index in [0.29, 0.717) is 12.2 Å². The third-order valence-corrected chi connectivity index (χ3v) is 7.17. The number of benzene rings is 2. The summed E-state index contributed by atoms with van der Waals surface area (Å²) in [5, 5.41) is 28.9. The Balaban J connectivity index is 0.000000414. The number of carboxylic acids is 2. The molecule has 0 saturated heterocycles. The van der Waals surface area contributed by atoms with Crippen molar-refractivity contribution in [3.63, 3.8) is 0 Å². The van der Waals surface area contributed by atoms with E-state index < -0.39 is 11.9 Å². The molecule has 0 atom stereocenters. The number of aromatic nitrogens is 3. The van der Waals surface area contributed by atoms with Gasteiger partial charge in [0, 0.05) is 30.5 Å². The summed E-state index contributed by atoms with van der Waals surface area (Å²) in [4.78, 5) is 19.1. The zero-order valence-electron chi connectivity index (χ0n) is 21.0. The maximum atomic E-state index is 9.55. The van der Waals surface area contributed by atoms with Crippen molar-refractivity contribution in [2.45, 2.75) is 37.3 Å². The molecule has 1 aliphatic rings. The Hall–Kier alpha value is -3.43. The van der Waals surface area contributed by atoms with E-state index in [1.807, 2.05) is 25.2 Å². The monoisotopic (exact) mass is 522 g/mol. The summed E-state index contributed by atoms with van der Waals surface area (Å²) in [5.74, 6) is 0.325. The standard InChI is InChI=1S/C24H30N4S.C4H4O4/c1-28-23(20-10-3-2-4-11-20)26-27-24(28)29-16-8-15-25-14-7-9-19-17-21-12-5-6-13-22(21)18-19;5-3(6)1-2-4(7)8/h2-6,10-13,19,25H,7-9,14-18H2,1H3;1-2H,(H,5,6)(H,7,8)/b;2-1+. The normalized spacial score (nSPS) is 12.8. The first-order valence-electron chi connectivity index (χ1n) is 12.4. The Morgan fingerprint density at radius 2 is 1.54 bits per heavy atom. The van der Waals surface area contributed by atoms with Crippen LogP contribution in [-0.4, -0.2) is 55.8 Å². The van der Waals surface area contributed by atoms with Gasteiger partial charge in [-0.15, -0.1) is 10.2 Å². The lowest BCUT2D eigenvalue weighted by Gasteiger charge is -2.09. The predicted molar refractivity (Wildman–Crippen MR) is 146 cm³/mol. The van der Waals surface area contributed by atoms with Crippen molar-refractivity contribution in [1.82, 2.24) is 20.1 Å². The Kier molecular flexibility index (Phi) is 11.4. The van der Waals surface area contributed by atoms with Crippen LogP contribution in [-0.2, 0) is 29.5 Å². The average Bonchev–Trinajstić information content (AvgIpc) is 3.48. The van der Waals surface area contributed by atoms with Crippen LogP contribution in [0.2, 0.25) is 0 Å². The smallest absolute Gasteiger partial charge is 0.328 e. The fraction of sp³-hybridized carbons (Fsp3) is 0.357. The molecule has 9 heteroatoms. The van der Waals surface area contributed by atoms with Crippen LogP contribution >= 0.6 is 11.8 Å². The van der Waals surface area contributed by atoms with E-state index >= 15 is 0 Å². The molecule has 4 rings (SSSR count). The molecule has 0 spiro atoms. The summed E-state index contributed by atoms with van der Waals surface area (Å²) in [7, 11) is 2.05. The van der Waals surface area contributed by atoms with Gasteiger partial charge in [0.15, 0.2) is 11.0 Å². The van der Waals surface area contributed by atoms with Gasteiger partial charge in [-0.1, -0.05) is 66.4 Å². The minimum Gasteiger partial charge on any atom is -0.478 e. The highest BCUT2D eigenvalue weighted by Gasteiger charge is 2.20. The largest absolute Gasteiger partial charge is 0.478 e. The van der Waals surface area contributed by atoms with Crippen LogP contribution in [0, 0.1) is 5.92 Å². The van der Waals surface area contributed by atoms with Crippen LogP contribution in [0.15, 0.2) is 71.9 Å². The van der Waals surface area contributed by atoms with Gasteiger partial charge in [-0.25, -0.2) is 9.59 Å². The van der Waals surface area contributed by atoms with Gasteiger partial charge in [-0.2, -0.15) is 0 Å². The molecule has 0 radical (unpaired) electrons. The van der Waals surface area contributed by atoms with Gasteiger partial charge < -0.3 is 20.1 Å². The topological polar surface area (TPSA) is 117 Å². The third kappa shape index (κ3) is 9.51. The van der Waals surface area contributed by atoms with Crippen LogP contribution in [0.1, 0.15) is 30.4 Å². The number of carboxylic acid groups (broad SMARTS) is 2. The first-order valence-corrected chi connectivity index (χ1v) is 13.4. The van der Waals surface area contributed by atoms with Crippen LogP contribution in [0.3, 0.4) is 0 Å². The van der Waals surface area contributed by atoms with Gasteiger partial charge in [0.1, 0.15) is 0 Å². The van der Waals surface area contributed by atoms with Crippen LogP contribution in [0.4, 0.5) is 0 Å². The molecule has 8 nitrogen and oxygen atoms in total. The lowest BCUT2D eigenvalue weighted by atomic mass is 10.0. The van der Waals surface area contributed by atoms with E-state index in [9.17, 15) is 9.59 Å². The van der Waals surface area contributed by atoms with E-state index in [1.54, 1.807) is 22.9 Å². The summed E-state index contributed by atoms with van der Waals surface area (Å²) in [5.41, 5.74) is 4.25. The van der Waals surface area contributed by atoms with Crippen LogP contribution in [0.25, 0.3) is 11.4 Å². The summed E-state index contributed by atoms with van der Waals surface area (Å²) in [6, 6.07) is 19.2. The van der Waals surface area contributed by atoms with Gasteiger partial charge in [-0.3, -0.25) is 0 Å². The Morgan fingerprint density at radius 3 is 2.16 bits per heavy atom. The molecule has 3 aromatic rings. The van der Waals surface area contributed by atoms with Crippen molar-refractivity contribution in [3.05, 3.63) is 77.9 Å². The highest BCUT2D eigenvalue weighted by molar-refractivity contribution is 7.99. The Bertz CT molecular complexity index is 1140. The van der Waals surface area contributed by atoms with Crippen LogP contribution in [0.5, 0.6) is 0 Å². The fourth-order valence-corrected chi connectivity index (χ4v) is 5.13. The second kappa shape index (κ2) is 15.0. The number of thioether (sulfide) groups is 1. The minimum absolute atomic E-state index is 0.558. The fourth-order valence-electron chi connectivity index (χ4n) is 4.28. The molecule has 0 saturated carbocycles. The number of nitrogens with zero attached hydrogens (tertiary/aromatic N) is 3. The average molecular weight is 523 g/mol. The second-order valence-corrected chi connectivity index (χ2v) is 9.94. The predicted octanol–water partition coefficient (Wildman–Crippen LogP) is 4.46. The number of nitrogens with one attached hydrogen (secondary N) is 1. The molecule has 37 heavy (non-hydrogen) atoms. The molecule has 1 aromatic heterocycles. The number of carbonyl (C=O) groups is 2. The zero-order valence-corrected chi connectivity index (χ0v) is 21.9. The molecular weight excluding hydrogens is 488 g/mol. The van der Waals surface area contributed by atoms with E-state index in [0.717, 1.165) is 47.7 Å². The summed E-state index contributed by atoms with van der Waals surface area (Å²) in [6.45, 7) is 2.20. The molecule has 0 bridgehead atoms. The van der Waals surface area contributed by atoms with E-state index in [-0.39, 0.29) is 0 Å². The molecule has 1 aliphatic carbocycles. The van der Waals surface area contributed by atoms with Crippen molar-refractivity contribution in [2.24, 2.45) is 13.0 Å². The molecule has 0 aliphatic heterocycles. The summed E-state index contributed by atoms with van der Waals surface area (Å²) in [6.07, 6.45) is 7.41. The van der Waals surface area contributed by atoms with Gasteiger partial charge in [0.2, 0.25) is 0 Å². The zero-order chi connectivity index (χ0) is 26.5. The number of fused-ring (bicyclic) bond motifs is 1. The highest BCUT2D eigenvalue weighted by atomic mass is 32.2. The number of hydrogen-bond acceptors (Lipinski definition) is 6. The van der Waals surface area contributed by atoms with Crippen molar-refractivity contribution in [3.8, 4) is 11.4 Å². The van der Waals surface area contributed by atoms with Gasteiger partial charge in [0.25, 0.3) is 0 Å². The SMILES string of the molecule is Cn1c(SCCCNCCCC2Cc3ccccc3C2)nnc1-c1ccccc1.O=C(O)/C=C/C(=O)O. The Morgan fingerprint density at radius 1 is 0.946 bits per heavy atom. The van der Waals surface area contributed by atoms with E-state index in [2.05, 4.69) is 56.5 Å². The lowest BCUT2D eigenvalue weighted by Crippen LogP contribution is -2.18. The molecule has 1 heterocycles. The molecule has 0 unspecified atom stereocenters. The number of aliphatic carboxylic acids is 2. The second-order valence-electron chi connectivity index (χ2n) is 8.88. The molecule has 0 fully saturated rings. The quantitative estimate of drug-likeness (QED) is 0.181. The molecule has 3 N–H and O–H groups in total. The van der Waals surface area contributed by atoms with E-state index in [1.165, 1.54) is 25.7 Å². The molecule has 2 aromatic carbocycles. The lowest BCUT2D eigenvalue weighted by molar-refractivity contribution is -0.134. The summed E-state index contributed by atoms with van der Waals surface area (Å²) < 4.78 is 2.09. The van der Waals surface area contributed by atoms with Crippen LogP contribution < -0.4 is 5.32 Å². The number of hydrogen-bond donors (Lipinski definition) is 3. The van der Waals surface area contributed by atoms with Crippen molar-refractivity contribution < 1.29 is 19.8 Å². The van der Waals surface area contributed by atoms with E-state index in [4.69, 9.17) is 10.2 Å². The maximum absolute atomic E-state index is 9.55. The molecular formula is C28H34N4O4S. The highest BCUT2D eigenvalue weighted by Crippen LogP contribution is 2.29. The minimum atomic E-state index is -1.26. The first-order chi connectivity index (χ1) is 17.9. The molecule has 0 amide bonds. The van der Waals surface area contributed by atoms with Crippen molar-refractivity contribution in [1.29, 1.82) is 0 Å². The third-order valence-electron chi connectivity index (χ3n) is 6.07. The van der Waals surface area contributed by atoms with Crippen molar-refractivity contribution >= 4 is 23.7 Å². The van der Waals surface area contributed by atoms with Gasteiger partial charge in [-0.05, 0) is 62.2 Å². The maximum Gasteiger partial charge on any atom is 0.328 e. The van der Waals surface area contributed by atoms with Gasteiger partial charge in [0.05, 0.1) is 0 Å². The number of rotatable bonds is 12. The summed E-state index contributed by atoms with van der Waals surface area (Å²) >= 11 is 1.79. The van der Waals surface area contributed by atoms with Crippen molar-refractivity contribution in [2.75, 3.05) is 18.8 Å². The first kappa shape index (κ1) is 28.1. The molecule has 196 valence electrons. The Labute approximate surface area is 221 Å². The van der Waals surface area contributed by atoms with Gasteiger partial charge >= 0.3 is 11.9 Å².